The standard InChI is InChI=1S/C19H32ClN3O2/c1-15(20)18(24)23-13-7-17(8-14-23)21-11-5-16(6-12-21)19(25)22-9-3-2-4-10-22/h15-17H,2-14H2,1H3/t15-/m0/s1. The fraction of sp³-hybridized carbons (Fsp3) is 0.895. The van der Waals surface area contributed by atoms with Gasteiger partial charge < -0.3 is 14.7 Å². The predicted molar refractivity (Wildman–Crippen MR) is 99.6 cm³/mol. The Morgan fingerprint density at radius 2 is 1.44 bits per heavy atom. The lowest BCUT2D eigenvalue weighted by molar-refractivity contribution is -0.138. The Kier molecular flexibility index (Phi) is 6.61. The topological polar surface area (TPSA) is 43.9 Å². The summed E-state index contributed by atoms with van der Waals surface area (Å²) in [5.74, 6) is 0.690. The maximum absolute atomic E-state index is 12.7. The first-order chi connectivity index (χ1) is 12.1. The molecule has 0 unspecified atom stereocenters. The summed E-state index contributed by atoms with van der Waals surface area (Å²) in [6.45, 7) is 7.35. The SMILES string of the molecule is C[C@H](Cl)C(=O)N1CCC(N2CCC(C(=O)N3CCCCC3)CC2)CC1. The number of halogens is 1. The van der Waals surface area contributed by atoms with Crippen LogP contribution in [-0.4, -0.2) is 77.2 Å². The van der Waals surface area contributed by atoms with Crippen LogP contribution in [0.3, 0.4) is 0 Å². The third-order valence-electron chi connectivity index (χ3n) is 6.18. The van der Waals surface area contributed by atoms with Crippen LogP contribution in [0, 0.1) is 5.92 Å². The zero-order chi connectivity index (χ0) is 17.8. The lowest BCUT2D eigenvalue weighted by Gasteiger charge is -2.42. The fourth-order valence-electron chi connectivity index (χ4n) is 4.59. The van der Waals surface area contributed by atoms with Crippen LogP contribution in [0.15, 0.2) is 0 Å². The van der Waals surface area contributed by atoms with Crippen LogP contribution in [-0.2, 0) is 9.59 Å². The van der Waals surface area contributed by atoms with E-state index in [1.54, 1.807) is 6.92 Å². The molecule has 3 aliphatic heterocycles. The summed E-state index contributed by atoms with van der Waals surface area (Å²) in [6, 6.07) is 0.556. The minimum Gasteiger partial charge on any atom is -0.342 e. The van der Waals surface area contributed by atoms with Crippen LogP contribution in [0.5, 0.6) is 0 Å². The zero-order valence-corrected chi connectivity index (χ0v) is 16.2. The maximum atomic E-state index is 12.7. The predicted octanol–water partition coefficient (Wildman–Crippen LogP) is 2.33. The number of amides is 2. The molecule has 0 aliphatic carbocycles. The number of rotatable bonds is 3. The van der Waals surface area contributed by atoms with E-state index in [0.717, 1.165) is 65.0 Å². The third-order valence-corrected chi connectivity index (χ3v) is 6.37. The monoisotopic (exact) mass is 369 g/mol. The second-order valence-corrected chi connectivity index (χ2v) is 8.52. The highest BCUT2D eigenvalue weighted by Crippen LogP contribution is 2.26. The van der Waals surface area contributed by atoms with Crippen molar-refractivity contribution in [3.63, 3.8) is 0 Å². The van der Waals surface area contributed by atoms with Crippen molar-refractivity contribution in [1.82, 2.24) is 14.7 Å². The molecule has 3 saturated heterocycles. The Morgan fingerprint density at radius 3 is 2.00 bits per heavy atom. The average molecular weight is 370 g/mol. The normalized spacial score (nSPS) is 25.8. The molecule has 3 aliphatic rings. The number of alkyl halides is 1. The van der Waals surface area contributed by atoms with Gasteiger partial charge in [0.25, 0.3) is 0 Å². The molecule has 0 radical (unpaired) electrons. The molecule has 142 valence electrons. The van der Waals surface area contributed by atoms with Crippen molar-refractivity contribution in [1.29, 1.82) is 0 Å². The lowest BCUT2D eigenvalue weighted by Crippen LogP contribution is -2.51. The van der Waals surface area contributed by atoms with Crippen molar-refractivity contribution in [3.05, 3.63) is 0 Å². The second-order valence-electron chi connectivity index (χ2n) is 7.87. The molecule has 0 saturated carbocycles. The quantitative estimate of drug-likeness (QED) is 0.717. The second kappa shape index (κ2) is 8.72. The first-order valence-corrected chi connectivity index (χ1v) is 10.5. The molecule has 3 heterocycles. The van der Waals surface area contributed by atoms with Gasteiger partial charge in [-0.15, -0.1) is 11.6 Å². The minimum atomic E-state index is -0.423. The average Bonchev–Trinajstić information content (AvgIpc) is 2.67. The highest BCUT2D eigenvalue weighted by atomic mass is 35.5. The number of nitrogens with zero attached hydrogens (tertiary/aromatic N) is 3. The van der Waals surface area contributed by atoms with E-state index in [2.05, 4.69) is 9.80 Å². The van der Waals surface area contributed by atoms with Crippen molar-refractivity contribution >= 4 is 23.4 Å². The number of likely N-dealkylation sites (tertiary alicyclic amines) is 3. The summed E-state index contributed by atoms with van der Waals surface area (Å²) in [7, 11) is 0. The van der Waals surface area contributed by atoms with Gasteiger partial charge in [-0.3, -0.25) is 9.59 Å². The Balaban J connectivity index is 1.42. The molecular formula is C19H32ClN3O2. The Morgan fingerprint density at radius 1 is 0.840 bits per heavy atom. The summed E-state index contributed by atoms with van der Waals surface area (Å²) < 4.78 is 0. The maximum Gasteiger partial charge on any atom is 0.240 e. The van der Waals surface area contributed by atoms with Crippen LogP contribution in [0.25, 0.3) is 0 Å². The van der Waals surface area contributed by atoms with Crippen LogP contribution in [0.4, 0.5) is 0 Å². The molecule has 5 nitrogen and oxygen atoms in total. The number of carbonyl (C=O) groups is 2. The van der Waals surface area contributed by atoms with Gasteiger partial charge in [-0.05, 0) is 65.0 Å². The molecule has 25 heavy (non-hydrogen) atoms. The van der Waals surface area contributed by atoms with E-state index in [0.29, 0.717) is 11.9 Å². The van der Waals surface area contributed by atoms with E-state index in [1.807, 2.05) is 4.90 Å². The molecule has 3 fully saturated rings. The summed E-state index contributed by atoms with van der Waals surface area (Å²) in [5, 5.41) is -0.423. The van der Waals surface area contributed by atoms with Gasteiger partial charge in [-0.1, -0.05) is 0 Å². The lowest BCUT2D eigenvalue weighted by atomic mass is 9.91. The molecule has 0 aromatic carbocycles. The molecule has 1 atom stereocenters. The van der Waals surface area contributed by atoms with Crippen LogP contribution in [0.2, 0.25) is 0 Å². The van der Waals surface area contributed by atoms with Gasteiger partial charge in [0.05, 0.1) is 0 Å². The van der Waals surface area contributed by atoms with Crippen LogP contribution >= 0.6 is 11.6 Å². The zero-order valence-electron chi connectivity index (χ0n) is 15.5. The van der Waals surface area contributed by atoms with Crippen molar-refractivity contribution in [2.24, 2.45) is 5.92 Å². The Labute approximate surface area is 156 Å². The number of hydrogen-bond donors (Lipinski definition) is 0. The molecule has 0 N–H and O–H groups in total. The van der Waals surface area contributed by atoms with E-state index < -0.39 is 5.38 Å². The van der Waals surface area contributed by atoms with E-state index in [4.69, 9.17) is 11.6 Å². The number of carbonyl (C=O) groups excluding carboxylic acids is 2. The van der Waals surface area contributed by atoms with Gasteiger partial charge in [0.2, 0.25) is 11.8 Å². The van der Waals surface area contributed by atoms with Crippen molar-refractivity contribution in [2.45, 2.75) is 63.3 Å². The number of hydrogen-bond acceptors (Lipinski definition) is 3. The molecule has 2 amide bonds. The largest absolute Gasteiger partial charge is 0.342 e. The number of piperidine rings is 3. The highest BCUT2D eigenvalue weighted by Gasteiger charge is 2.33. The van der Waals surface area contributed by atoms with Crippen molar-refractivity contribution in [3.8, 4) is 0 Å². The van der Waals surface area contributed by atoms with Crippen molar-refractivity contribution < 1.29 is 9.59 Å². The minimum absolute atomic E-state index is 0.0611. The summed E-state index contributed by atoms with van der Waals surface area (Å²) in [5.41, 5.74) is 0. The summed E-state index contributed by atoms with van der Waals surface area (Å²) in [6.07, 6.45) is 7.65. The molecule has 0 aromatic rings. The molecule has 3 rings (SSSR count). The smallest absolute Gasteiger partial charge is 0.240 e. The van der Waals surface area contributed by atoms with Gasteiger partial charge >= 0.3 is 0 Å². The molecular weight excluding hydrogens is 338 g/mol. The van der Waals surface area contributed by atoms with Gasteiger partial charge in [-0.2, -0.15) is 0 Å². The summed E-state index contributed by atoms with van der Waals surface area (Å²) >= 11 is 5.92. The van der Waals surface area contributed by atoms with Gasteiger partial charge in [0.1, 0.15) is 5.38 Å². The van der Waals surface area contributed by atoms with Gasteiger partial charge in [0.15, 0.2) is 0 Å². The Bertz CT molecular complexity index is 463. The fourth-order valence-corrected chi connectivity index (χ4v) is 4.73. The summed E-state index contributed by atoms with van der Waals surface area (Å²) in [4.78, 5) is 31.2. The van der Waals surface area contributed by atoms with E-state index in [9.17, 15) is 9.59 Å². The Hall–Kier alpha value is -0.810. The first kappa shape index (κ1) is 19.0. The van der Waals surface area contributed by atoms with E-state index >= 15 is 0 Å². The van der Waals surface area contributed by atoms with E-state index in [1.165, 1.54) is 19.3 Å². The van der Waals surface area contributed by atoms with Crippen LogP contribution in [0.1, 0.15) is 51.9 Å². The third kappa shape index (κ3) is 4.68. The van der Waals surface area contributed by atoms with Crippen LogP contribution < -0.4 is 0 Å². The molecule has 0 aromatic heterocycles. The van der Waals surface area contributed by atoms with E-state index in [-0.39, 0.29) is 11.8 Å². The molecule has 6 heteroatoms. The van der Waals surface area contributed by atoms with Gasteiger partial charge in [0, 0.05) is 38.1 Å². The highest BCUT2D eigenvalue weighted by molar-refractivity contribution is 6.30. The molecule has 0 spiro atoms. The first-order valence-electron chi connectivity index (χ1n) is 10.0. The van der Waals surface area contributed by atoms with Crippen molar-refractivity contribution in [2.75, 3.05) is 39.3 Å². The van der Waals surface area contributed by atoms with Gasteiger partial charge in [-0.25, -0.2) is 0 Å². The molecule has 0 bridgehead atoms.